The molecular weight excluding hydrogens is 250 g/mol. The lowest BCUT2D eigenvalue weighted by Gasteiger charge is -2.37. The Labute approximate surface area is 111 Å². The molecule has 0 radical (unpaired) electrons. The van der Waals surface area contributed by atoms with Gasteiger partial charge in [0.2, 0.25) is 0 Å². The van der Waals surface area contributed by atoms with Crippen molar-refractivity contribution in [1.82, 2.24) is 10.2 Å². The first-order chi connectivity index (χ1) is 8.70. The fourth-order valence-electron chi connectivity index (χ4n) is 2.43. The van der Waals surface area contributed by atoms with Crippen molar-refractivity contribution in [2.75, 3.05) is 26.2 Å². The van der Waals surface area contributed by atoms with Crippen molar-refractivity contribution in [3.63, 3.8) is 0 Å². The number of urea groups is 1. The number of hydrogen-bond acceptors (Lipinski definition) is 4. The summed E-state index contributed by atoms with van der Waals surface area (Å²) in [5.74, 6) is 0.336. The second-order valence-electron chi connectivity index (χ2n) is 4.57. The molecule has 2 rings (SSSR count). The van der Waals surface area contributed by atoms with E-state index in [0.29, 0.717) is 25.6 Å². The van der Waals surface area contributed by atoms with Crippen LogP contribution in [-0.2, 0) is 0 Å². The molecule has 0 bridgehead atoms. The van der Waals surface area contributed by atoms with E-state index in [4.69, 9.17) is 10.8 Å². The zero-order chi connectivity index (χ0) is 13.0. The van der Waals surface area contributed by atoms with E-state index in [9.17, 15) is 4.79 Å². The van der Waals surface area contributed by atoms with Gasteiger partial charge in [0.05, 0.1) is 6.61 Å². The van der Waals surface area contributed by atoms with Crippen LogP contribution in [0.4, 0.5) is 4.79 Å². The number of amides is 2. The molecule has 2 heterocycles. The van der Waals surface area contributed by atoms with Gasteiger partial charge in [0.15, 0.2) is 0 Å². The van der Waals surface area contributed by atoms with E-state index < -0.39 is 0 Å². The van der Waals surface area contributed by atoms with Gasteiger partial charge in [0.1, 0.15) is 0 Å². The molecule has 18 heavy (non-hydrogen) atoms. The molecule has 4 N–H and O–H groups in total. The lowest BCUT2D eigenvalue weighted by Crippen LogP contribution is -2.52. The van der Waals surface area contributed by atoms with E-state index in [1.807, 2.05) is 6.07 Å². The smallest absolute Gasteiger partial charge is 0.314 e. The number of piperidine rings is 1. The molecule has 100 valence electrons. The van der Waals surface area contributed by atoms with Gasteiger partial charge in [-0.25, -0.2) is 4.79 Å². The van der Waals surface area contributed by atoms with Gasteiger partial charge in [0, 0.05) is 36.5 Å². The van der Waals surface area contributed by atoms with Crippen LogP contribution >= 0.6 is 11.3 Å². The maximum atomic E-state index is 11.4. The number of aliphatic hydroxyl groups is 1. The molecule has 1 aliphatic rings. The van der Waals surface area contributed by atoms with Crippen molar-refractivity contribution in [3.05, 3.63) is 22.4 Å². The minimum atomic E-state index is -0.368. The largest absolute Gasteiger partial charge is 0.395 e. The first-order valence-electron chi connectivity index (χ1n) is 6.12. The lowest BCUT2D eigenvalue weighted by molar-refractivity contribution is 0.169. The Kier molecular flexibility index (Phi) is 4.57. The summed E-state index contributed by atoms with van der Waals surface area (Å²) in [4.78, 5) is 14.3. The Morgan fingerprint density at radius 3 is 3.06 bits per heavy atom. The van der Waals surface area contributed by atoms with E-state index in [2.05, 4.69) is 16.8 Å². The number of nitrogens with zero attached hydrogens (tertiary/aromatic N) is 1. The summed E-state index contributed by atoms with van der Waals surface area (Å²) in [6.45, 7) is 1.97. The molecule has 0 aromatic carbocycles. The number of nitrogens with one attached hydrogen (secondary N) is 1. The molecule has 5 nitrogen and oxygen atoms in total. The summed E-state index contributed by atoms with van der Waals surface area (Å²) in [6.07, 6.45) is 0.976. The molecule has 0 saturated carbocycles. The average Bonchev–Trinajstić information content (AvgIpc) is 2.89. The summed E-state index contributed by atoms with van der Waals surface area (Å²) in [5, 5.41) is 14.2. The molecule has 1 saturated heterocycles. The third-order valence-corrected chi connectivity index (χ3v) is 4.29. The van der Waals surface area contributed by atoms with Crippen LogP contribution in [-0.4, -0.2) is 48.3 Å². The monoisotopic (exact) mass is 269 g/mol. The zero-order valence-corrected chi connectivity index (χ0v) is 11.0. The maximum Gasteiger partial charge on any atom is 0.314 e. The number of hydrogen-bond donors (Lipinski definition) is 3. The van der Waals surface area contributed by atoms with Crippen LogP contribution < -0.4 is 11.1 Å². The van der Waals surface area contributed by atoms with Gasteiger partial charge < -0.3 is 21.1 Å². The van der Waals surface area contributed by atoms with Crippen molar-refractivity contribution < 1.29 is 9.90 Å². The highest BCUT2D eigenvalue weighted by Crippen LogP contribution is 2.30. The Morgan fingerprint density at radius 2 is 2.44 bits per heavy atom. The molecule has 2 amide bonds. The van der Waals surface area contributed by atoms with Crippen LogP contribution in [0.15, 0.2) is 17.5 Å². The highest BCUT2D eigenvalue weighted by molar-refractivity contribution is 7.10. The van der Waals surface area contributed by atoms with Gasteiger partial charge in [-0.3, -0.25) is 0 Å². The Hall–Kier alpha value is -1.11. The summed E-state index contributed by atoms with van der Waals surface area (Å²) in [6, 6.07) is 3.96. The molecule has 1 aromatic heterocycles. The highest BCUT2D eigenvalue weighted by Gasteiger charge is 2.30. The topological polar surface area (TPSA) is 78.6 Å². The van der Waals surface area contributed by atoms with Crippen molar-refractivity contribution in [3.8, 4) is 0 Å². The van der Waals surface area contributed by atoms with Crippen LogP contribution in [0.5, 0.6) is 0 Å². The second-order valence-corrected chi connectivity index (χ2v) is 5.55. The predicted octanol–water partition coefficient (Wildman–Crippen LogP) is 0.567. The molecule has 0 spiro atoms. The van der Waals surface area contributed by atoms with E-state index in [0.717, 1.165) is 6.42 Å². The summed E-state index contributed by atoms with van der Waals surface area (Å²) in [7, 11) is 0. The minimum Gasteiger partial charge on any atom is -0.395 e. The number of nitrogens with two attached hydrogens (primary N) is 1. The molecular formula is C12H19N3O2S. The normalized spacial score (nSPS) is 24.2. The summed E-state index contributed by atoms with van der Waals surface area (Å²) >= 11 is 1.71. The Morgan fingerprint density at radius 1 is 1.61 bits per heavy atom. The van der Waals surface area contributed by atoms with Crippen molar-refractivity contribution >= 4 is 17.4 Å². The molecule has 1 aromatic rings. The number of likely N-dealkylation sites (tertiary alicyclic amines) is 1. The minimum absolute atomic E-state index is 0.108. The number of carbonyl (C=O) groups excluding carboxylic acids is 1. The zero-order valence-electron chi connectivity index (χ0n) is 10.2. The standard InChI is InChI=1S/C12H19N3O2S/c13-12(17)15-7-9(11-2-1-5-18-11)6-10(8-15)14-3-4-16/h1-2,5,9-10,14,16H,3-4,6-8H2,(H2,13,17). The number of carbonyl (C=O) groups is 1. The Bertz CT molecular complexity index is 383. The van der Waals surface area contributed by atoms with E-state index >= 15 is 0 Å². The van der Waals surface area contributed by atoms with E-state index in [-0.39, 0.29) is 18.7 Å². The number of aliphatic hydroxyl groups excluding tert-OH is 1. The van der Waals surface area contributed by atoms with E-state index in [1.54, 1.807) is 16.2 Å². The highest BCUT2D eigenvalue weighted by atomic mass is 32.1. The van der Waals surface area contributed by atoms with Gasteiger partial charge in [-0.2, -0.15) is 0 Å². The second kappa shape index (κ2) is 6.17. The molecule has 1 aliphatic heterocycles. The van der Waals surface area contributed by atoms with Gasteiger partial charge in [0.25, 0.3) is 0 Å². The van der Waals surface area contributed by atoms with Crippen LogP contribution in [0.2, 0.25) is 0 Å². The van der Waals surface area contributed by atoms with Crippen LogP contribution in [0.3, 0.4) is 0 Å². The van der Waals surface area contributed by atoms with Crippen LogP contribution in [0.25, 0.3) is 0 Å². The summed E-state index contributed by atoms with van der Waals surface area (Å²) in [5.41, 5.74) is 5.39. The third-order valence-electron chi connectivity index (χ3n) is 3.25. The van der Waals surface area contributed by atoms with E-state index in [1.165, 1.54) is 4.88 Å². The number of primary amides is 1. The SMILES string of the molecule is NC(=O)N1CC(NCCO)CC(c2cccs2)C1. The first-order valence-corrected chi connectivity index (χ1v) is 7.00. The molecule has 2 unspecified atom stereocenters. The van der Waals surface area contributed by atoms with Gasteiger partial charge in [-0.15, -0.1) is 11.3 Å². The van der Waals surface area contributed by atoms with Gasteiger partial charge in [-0.1, -0.05) is 6.07 Å². The third kappa shape index (κ3) is 3.22. The number of rotatable bonds is 4. The molecule has 6 heteroatoms. The predicted molar refractivity (Wildman–Crippen MR) is 71.7 cm³/mol. The van der Waals surface area contributed by atoms with Gasteiger partial charge >= 0.3 is 6.03 Å². The quantitative estimate of drug-likeness (QED) is 0.747. The lowest BCUT2D eigenvalue weighted by atomic mass is 9.93. The van der Waals surface area contributed by atoms with Crippen LogP contribution in [0.1, 0.15) is 17.2 Å². The molecule has 2 atom stereocenters. The average molecular weight is 269 g/mol. The van der Waals surface area contributed by atoms with Crippen molar-refractivity contribution in [2.24, 2.45) is 5.73 Å². The van der Waals surface area contributed by atoms with Crippen LogP contribution in [0, 0.1) is 0 Å². The summed E-state index contributed by atoms with van der Waals surface area (Å²) < 4.78 is 0. The Balaban J connectivity index is 2.04. The number of thiophene rings is 1. The maximum absolute atomic E-state index is 11.4. The first kappa shape index (κ1) is 13.3. The van der Waals surface area contributed by atoms with Crippen molar-refractivity contribution in [1.29, 1.82) is 0 Å². The fourth-order valence-corrected chi connectivity index (χ4v) is 3.26. The fraction of sp³-hybridized carbons (Fsp3) is 0.583. The van der Waals surface area contributed by atoms with Gasteiger partial charge in [-0.05, 0) is 17.9 Å². The molecule has 0 aliphatic carbocycles. The van der Waals surface area contributed by atoms with Crippen molar-refractivity contribution in [2.45, 2.75) is 18.4 Å². The molecule has 1 fully saturated rings.